The van der Waals surface area contributed by atoms with Gasteiger partial charge in [0.15, 0.2) is 0 Å². The molecule has 0 aliphatic heterocycles. The quantitative estimate of drug-likeness (QED) is 0.831. The molecular formula is C13H19NO3. The van der Waals surface area contributed by atoms with Crippen LogP contribution in [-0.2, 0) is 6.54 Å². The van der Waals surface area contributed by atoms with E-state index < -0.39 is 11.6 Å². The van der Waals surface area contributed by atoms with Gasteiger partial charge in [0.25, 0.3) is 0 Å². The molecule has 0 heterocycles. The molecule has 1 rings (SSSR count). The average molecular weight is 237 g/mol. The maximum Gasteiger partial charge on any atom is 0.408 e. The van der Waals surface area contributed by atoms with Gasteiger partial charge in [-0.15, -0.1) is 0 Å². The van der Waals surface area contributed by atoms with E-state index in [1.807, 2.05) is 20.8 Å². The Kier molecular flexibility index (Phi) is 3.66. The fourth-order valence-electron chi connectivity index (χ4n) is 1.59. The molecule has 0 atom stereocenters. The summed E-state index contributed by atoms with van der Waals surface area (Å²) in [5.74, 6) is 0.228. The van der Waals surface area contributed by atoms with E-state index in [4.69, 9.17) is 0 Å². The molecule has 1 amide bonds. The standard InChI is InChI=1S/C13H19NO3/c1-9-7-10(5-6-11(9)15)8-14(12(16)17)13(2,3)4/h5-7,15H,8H2,1-4H3,(H,16,17). The highest BCUT2D eigenvalue weighted by Gasteiger charge is 2.26. The van der Waals surface area contributed by atoms with Gasteiger partial charge in [-0.3, -0.25) is 4.90 Å². The van der Waals surface area contributed by atoms with Crippen LogP contribution in [0.5, 0.6) is 5.75 Å². The van der Waals surface area contributed by atoms with Crippen molar-refractivity contribution in [1.29, 1.82) is 0 Å². The molecule has 0 fully saturated rings. The number of rotatable bonds is 2. The summed E-state index contributed by atoms with van der Waals surface area (Å²) >= 11 is 0. The maximum absolute atomic E-state index is 11.2. The fourth-order valence-corrected chi connectivity index (χ4v) is 1.59. The Morgan fingerprint density at radius 2 is 1.94 bits per heavy atom. The molecule has 1 aromatic carbocycles. The summed E-state index contributed by atoms with van der Waals surface area (Å²) in [7, 11) is 0. The van der Waals surface area contributed by atoms with Crippen LogP contribution < -0.4 is 0 Å². The second-order valence-corrected chi connectivity index (χ2v) is 5.16. The van der Waals surface area contributed by atoms with Crippen LogP contribution in [0.2, 0.25) is 0 Å². The smallest absolute Gasteiger partial charge is 0.408 e. The van der Waals surface area contributed by atoms with E-state index in [-0.39, 0.29) is 5.75 Å². The number of amides is 1. The fraction of sp³-hybridized carbons (Fsp3) is 0.462. The molecule has 1 aromatic rings. The lowest BCUT2D eigenvalue weighted by atomic mass is 10.0. The molecule has 94 valence electrons. The predicted octanol–water partition coefficient (Wildman–Crippen LogP) is 2.98. The number of benzene rings is 1. The van der Waals surface area contributed by atoms with Gasteiger partial charge in [0.05, 0.1) is 0 Å². The van der Waals surface area contributed by atoms with Crippen molar-refractivity contribution in [3.63, 3.8) is 0 Å². The van der Waals surface area contributed by atoms with Crippen molar-refractivity contribution in [2.24, 2.45) is 0 Å². The SMILES string of the molecule is Cc1cc(CN(C(=O)O)C(C)(C)C)ccc1O. The first-order valence-corrected chi connectivity index (χ1v) is 5.51. The van der Waals surface area contributed by atoms with Crippen molar-refractivity contribution in [2.75, 3.05) is 0 Å². The highest BCUT2D eigenvalue weighted by Crippen LogP contribution is 2.21. The molecule has 0 bridgehead atoms. The van der Waals surface area contributed by atoms with E-state index in [2.05, 4.69) is 0 Å². The van der Waals surface area contributed by atoms with E-state index in [0.29, 0.717) is 6.54 Å². The minimum absolute atomic E-state index is 0.228. The number of hydrogen-bond acceptors (Lipinski definition) is 2. The second-order valence-electron chi connectivity index (χ2n) is 5.16. The predicted molar refractivity (Wildman–Crippen MR) is 66.2 cm³/mol. The molecule has 0 aliphatic rings. The summed E-state index contributed by atoms with van der Waals surface area (Å²) < 4.78 is 0. The van der Waals surface area contributed by atoms with Crippen LogP contribution in [-0.4, -0.2) is 26.7 Å². The van der Waals surface area contributed by atoms with Gasteiger partial charge >= 0.3 is 6.09 Å². The van der Waals surface area contributed by atoms with Gasteiger partial charge in [0, 0.05) is 12.1 Å². The lowest BCUT2D eigenvalue weighted by molar-refractivity contribution is 0.0955. The molecule has 0 unspecified atom stereocenters. The monoisotopic (exact) mass is 237 g/mol. The van der Waals surface area contributed by atoms with Crippen LogP contribution in [0.3, 0.4) is 0 Å². The number of carbonyl (C=O) groups is 1. The van der Waals surface area contributed by atoms with E-state index in [1.165, 1.54) is 4.90 Å². The molecule has 17 heavy (non-hydrogen) atoms. The van der Waals surface area contributed by atoms with Crippen LogP contribution in [0.25, 0.3) is 0 Å². The van der Waals surface area contributed by atoms with Gasteiger partial charge in [-0.05, 0) is 44.9 Å². The van der Waals surface area contributed by atoms with Crippen LogP contribution in [0.15, 0.2) is 18.2 Å². The number of hydrogen-bond donors (Lipinski definition) is 2. The lowest BCUT2D eigenvalue weighted by Gasteiger charge is -2.33. The number of phenols is 1. The minimum atomic E-state index is -0.941. The normalized spacial score (nSPS) is 11.3. The first-order chi connectivity index (χ1) is 7.71. The second kappa shape index (κ2) is 4.65. The third kappa shape index (κ3) is 3.37. The Morgan fingerprint density at radius 1 is 1.35 bits per heavy atom. The van der Waals surface area contributed by atoms with Crippen LogP contribution in [0.4, 0.5) is 4.79 Å². The number of nitrogens with zero attached hydrogens (tertiary/aromatic N) is 1. The lowest BCUT2D eigenvalue weighted by Crippen LogP contribution is -2.44. The Hall–Kier alpha value is -1.71. The van der Waals surface area contributed by atoms with Gasteiger partial charge in [0.2, 0.25) is 0 Å². The zero-order chi connectivity index (χ0) is 13.2. The van der Waals surface area contributed by atoms with E-state index >= 15 is 0 Å². The molecular weight excluding hydrogens is 218 g/mol. The zero-order valence-electron chi connectivity index (χ0n) is 10.7. The summed E-state index contributed by atoms with van der Waals surface area (Å²) in [6.07, 6.45) is -0.941. The van der Waals surface area contributed by atoms with Gasteiger partial charge in [0.1, 0.15) is 5.75 Å². The molecule has 4 nitrogen and oxygen atoms in total. The zero-order valence-corrected chi connectivity index (χ0v) is 10.7. The van der Waals surface area contributed by atoms with E-state index in [9.17, 15) is 15.0 Å². The van der Waals surface area contributed by atoms with Crippen molar-refractivity contribution in [2.45, 2.75) is 39.8 Å². The molecule has 0 aromatic heterocycles. The molecule has 4 heteroatoms. The van der Waals surface area contributed by atoms with Gasteiger partial charge in [-0.25, -0.2) is 4.79 Å². The number of phenolic OH excluding ortho intramolecular Hbond substituents is 1. The number of carboxylic acid groups (broad SMARTS) is 1. The van der Waals surface area contributed by atoms with Gasteiger partial charge in [-0.2, -0.15) is 0 Å². The summed E-state index contributed by atoms with van der Waals surface area (Å²) in [6.45, 7) is 7.68. The number of aryl methyl sites for hydroxylation is 1. The number of aromatic hydroxyl groups is 1. The largest absolute Gasteiger partial charge is 0.508 e. The van der Waals surface area contributed by atoms with Crippen molar-refractivity contribution < 1.29 is 15.0 Å². The van der Waals surface area contributed by atoms with Gasteiger partial charge in [-0.1, -0.05) is 12.1 Å². The third-order valence-electron chi connectivity index (χ3n) is 2.64. The van der Waals surface area contributed by atoms with Crippen LogP contribution in [0, 0.1) is 6.92 Å². The molecule has 0 radical (unpaired) electrons. The Balaban J connectivity index is 2.95. The third-order valence-corrected chi connectivity index (χ3v) is 2.64. The first-order valence-electron chi connectivity index (χ1n) is 5.51. The summed E-state index contributed by atoms with van der Waals surface area (Å²) in [4.78, 5) is 12.6. The first kappa shape index (κ1) is 13.4. The molecule has 0 aliphatic carbocycles. The summed E-state index contributed by atoms with van der Waals surface area (Å²) in [5.41, 5.74) is 1.18. The Bertz CT molecular complexity index is 421. The topological polar surface area (TPSA) is 60.8 Å². The van der Waals surface area contributed by atoms with Crippen molar-refractivity contribution in [1.82, 2.24) is 4.90 Å². The van der Waals surface area contributed by atoms with Crippen molar-refractivity contribution in [3.05, 3.63) is 29.3 Å². The average Bonchev–Trinajstić information content (AvgIpc) is 2.17. The van der Waals surface area contributed by atoms with Crippen LogP contribution >= 0.6 is 0 Å². The van der Waals surface area contributed by atoms with E-state index in [1.54, 1.807) is 25.1 Å². The van der Waals surface area contributed by atoms with E-state index in [0.717, 1.165) is 11.1 Å². The highest BCUT2D eigenvalue weighted by molar-refractivity contribution is 5.66. The molecule has 2 N–H and O–H groups in total. The molecule has 0 spiro atoms. The minimum Gasteiger partial charge on any atom is -0.508 e. The summed E-state index contributed by atoms with van der Waals surface area (Å²) in [5, 5.41) is 18.6. The van der Waals surface area contributed by atoms with Gasteiger partial charge < -0.3 is 10.2 Å². The molecule has 0 saturated heterocycles. The Morgan fingerprint density at radius 3 is 2.35 bits per heavy atom. The molecule has 0 saturated carbocycles. The Labute approximate surface area is 101 Å². The van der Waals surface area contributed by atoms with Crippen LogP contribution in [0.1, 0.15) is 31.9 Å². The maximum atomic E-state index is 11.2. The summed E-state index contributed by atoms with van der Waals surface area (Å²) in [6, 6.07) is 5.13. The van der Waals surface area contributed by atoms with Crippen molar-refractivity contribution in [3.8, 4) is 5.75 Å². The van der Waals surface area contributed by atoms with Crippen molar-refractivity contribution >= 4 is 6.09 Å². The highest BCUT2D eigenvalue weighted by atomic mass is 16.4.